The molecule has 0 rings (SSSR count). The Balaban J connectivity index is 0. The summed E-state index contributed by atoms with van der Waals surface area (Å²) in [5.74, 6) is 0. The molecule has 0 aliphatic carbocycles. The molecule has 0 N–H and O–H groups in total. The van der Waals surface area contributed by atoms with E-state index in [2.05, 4.69) is 42.3 Å². The van der Waals surface area contributed by atoms with E-state index in [4.69, 9.17) is 11.6 Å². The van der Waals surface area contributed by atoms with Crippen LogP contribution < -0.4 is 0 Å². The summed E-state index contributed by atoms with van der Waals surface area (Å²) in [7, 11) is 2.70. The van der Waals surface area contributed by atoms with E-state index in [0.29, 0.717) is 0 Å². The lowest BCUT2D eigenvalue weighted by molar-refractivity contribution is 1.36. The Kier molecular flexibility index (Phi) is 12.8. The minimum Gasteiger partial charge on any atom is -0.106 e. The first-order valence-electron chi connectivity index (χ1n) is 6.53. The highest BCUT2D eigenvalue weighted by molar-refractivity contribution is 7.23. The minimum absolute atomic E-state index is 0.803. The molecule has 0 amide bonds. The van der Waals surface area contributed by atoms with E-state index in [1.165, 1.54) is 16.5 Å². The van der Waals surface area contributed by atoms with Gasteiger partial charge in [-0.2, -0.15) is 0 Å². The summed E-state index contributed by atoms with van der Waals surface area (Å²) in [6, 6.07) is 0. The van der Waals surface area contributed by atoms with Gasteiger partial charge in [0.15, 0.2) is 0 Å². The fourth-order valence-electron chi connectivity index (χ4n) is 0.852. The molecule has 0 aliphatic rings. The summed E-state index contributed by atoms with van der Waals surface area (Å²) < 4.78 is 0. The average Bonchev–Trinajstić information content (AvgIpc) is 2.38. The smallest absolute Gasteiger partial charge is 0.0395 e. The SMILES string of the molecule is C=C/C(C)=C\C(Cl)=C(C)C.C=C/C(C)=C\C(P)=C(C)C. The molecule has 0 aromatic heterocycles. The maximum absolute atomic E-state index is 5.84. The van der Waals surface area contributed by atoms with Gasteiger partial charge < -0.3 is 0 Å². The Morgan fingerprint density at radius 3 is 1.50 bits per heavy atom. The molecule has 20 heavy (non-hydrogen) atoms. The second-order valence-corrected chi connectivity index (χ2v) is 6.02. The van der Waals surface area contributed by atoms with E-state index in [9.17, 15) is 0 Å². The predicted octanol–water partition coefficient (Wildman–Crippen LogP) is 6.94. The van der Waals surface area contributed by atoms with Gasteiger partial charge in [-0.25, -0.2) is 0 Å². The molecule has 1 unspecified atom stereocenters. The van der Waals surface area contributed by atoms with Crippen molar-refractivity contribution in [2.24, 2.45) is 0 Å². The Hall–Kier alpha value is -0.840. The van der Waals surface area contributed by atoms with Gasteiger partial charge >= 0.3 is 0 Å². The molecular weight excluding hydrogens is 283 g/mol. The van der Waals surface area contributed by atoms with Gasteiger partial charge in [0.25, 0.3) is 0 Å². The highest BCUT2D eigenvalue weighted by Gasteiger charge is 1.88. The third kappa shape index (κ3) is 12.2. The zero-order chi connectivity index (χ0) is 16.3. The van der Waals surface area contributed by atoms with E-state index < -0.39 is 0 Å². The molecule has 0 nitrogen and oxygen atoms in total. The second-order valence-electron chi connectivity index (χ2n) is 4.99. The van der Waals surface area contributed by atoms with Gasteiger partial charge in [0.2, 0.25) is 0 Å². The van der Waals surface area contributed by atoms with Crippen molar-refractivity contribution in [2.75, 3.05) is 0 Å². The van der Waals surface area contributed by atoms with Crippen LogP contribution in [0.1, 0.15) is 41.5 Å². The first-order valence-corrected chi connectivity index (χ1v) is 7.48. The van der Waals surface area contributed by atoms with E-state index in [-0.39, 0.29) is 0 Å². The van der Waals surface area contributed by atoms with Crippen LogP contribution in [0.2, 0.25) is 0 Å². The molecule has 0 heterocycles. The van der Waals surface area contributed by atoms with Gasteiger partial charge in [-0.15, -0.1) is 9.24 Å². The van der Waals surface area contributed by atoms with Crippen LogP contribution in [0.4, 0.5) is 0 Å². The lowest BCUT2D eigenvalue weighted by Crippen LogP contribution is -1.72. The highest BCUT2D eigenvalue weighted by Crippen LogP contribution is 2.15. The van der Waals surface area contributed by atoms with Crippen LogP contribution >= 0.6 is 20.8 Å². The summed E-state index contributed by atoms with van der Waals surface area (Å²) in [5.41, 5.74) is 4.74. The maximum atomic E-state index is 5.84. The van der Waals surface area contributed by atoms with Gasteiger partial charge in [0.05, 0.1) is 0 Å². The molecule has 0 aliphatic heterocycles. The lowest BCUT2D eigenvalue weighted by Gasteiger charge is -1.96. The fraction of sp³-hybridized carbons (Fsp3) is 0.333. The molecule has 1 atom stereocenters. The normalized spacial score (nSPS) is 11.0. The van der Waals surface area contributed by atoms with Crippen molar-refractivity contribution in [1.29, 1.82) is 0 Å². The van der Waals surface area contributed by atoms with Crippen molar-refractivity contribution < 1.29 is 0 Å². The Morgan fingerprint density at radius 1 is 0.800 bits per heavy atom. The maximum Gasteiger partial charge on any atom is 0.0395 e. The van der Waals surface area contributed by atoms with Crippen LogP contribution in [0.3, 0.4) is 0 Å². The molecular formula is C18H28ClP. The summed E-state index contributed by atoms with van der Waals surface area (Å²) in [6.45, 7) is 19.5. The zero-order valence-electron chi connectivity index (χ0n) is 13.7. The van der Waals surface area contributed by atoms with Gasteiger partial charge in [-0.05, 0) is 52.9 Å². The fourth-order valence-corrected chi connectivity index (χ4v) is 1.29. The number of hydrogen-bond donors (Lipinski definition) is 0. The average molecular weight is 311 g/mol. The van der Waals surface area contributed by atoms with Crippen molar-refractivity contribution in [1.82, 2.24) is 0 Å². The van der Waals surface area contributed by atoms with Crippen LogP contribution in [0.25, 0.3) is 0 Å². The molecule has 0 spiro atoms. The van der Waals surface area contributed by atoms with E-state index in [0.717, 1.165) is 16.2 Å². The quantitative estimate of drug-likeness (QED) is 0.389. The van der Waals surface area contributed by atoms with Crippen molar-refractivity contribution in [2.45, 2.75) is 41.5 Å². The summed E-state index contributed by atoms with van der Waals surface area (Å²) in [4.78, 5) is 0. The van der Waals surface area contributed by atoms with Crippen LogP contribution in [0, 0.1) is 0 Å². The van der Waals surface area contributed by atoms with Crippen LogP contribution in [-0.2, 0) is 0 Å². The molecule has 0 saturated heterocycles. The van der Waals surface area contributed by atoms with E-state index in [1.807, 2.05) is 39.8 Å². The molecule has 0 bridgehead atoms. The Morgan fingerprint density at radius 2 is 1.20 bits per heavy atom. The largest absolute Gasteiger partial charge is 0.106 e. The number of allylic oxidation sites excluding steroid dienone is 10. The van der Waals surface area contributed by atoms with Crippen LogP contribution in [0.5, 0.6) is 0 Å². The third-order valence-corrected chi connectivity index (χ3v) is 3.67. The lowest BCUT2D eigenvalue weighted by atomic mass is 10.2. The zero-order valence-corrected chi connectivity index (χ0v) is 15.6. The summed E-state index contributed by atoms with van der Waals surface area (Å²) in [6.07, 6.45) is 7.65. The summed E-state index contributed by atoms with van der Waals surface area (Å²) in [5, 5.41) is 2.05. The van der Waals surface area contributed by atoms with Crippen LogP contribution in [-0.4, -0.2) is 0 Å². The van der Waals surface area contributed by atoms with Gasteiger partial charge in [-0.1, -0.05) is 65.3 Å². The van der Waals surface area contributed by atoms with Crippen LogP contribution in [0.15, 0.2) is 70.1 Å². The molecule has 0 aromatic rings. The van der Waals surface area contributed by atoms with Gasteiger partial charge in [0, 0.05) is 5.03 Å². The topological polar surface area (TPSA) is 0 Å². The van der Waals surface area contributed by atoms with Gasteiger partial charge in [0.1, 0.15) is 0 Å². The number of halogens is 1. The highest BCUT2D eigenvalue weighted by atomic mass is 35.5. The van der Waals surface area contributed by atoms with Crippen molar-refractivity contribution in [3.8, 4) is 0 Å². The Bertz CT molecular complexity index is 408. The Labute approximate surface area is 132 Å². The van der Waals surface area contributed by atoms with Crippen molar-refractivity contribution in [3.63, 3.8) is 0 Å². The van der Waals surface area contributed by atoms with E-state index in [1.54, 1.807) is 6.08 Å². The van der Waals surface area contributed by atoms with Crippen molar-refractivity contribution in [3.05, 3.63) is 70.1 Å². The van der Waals surface area contributed by atoms with Gasteiger partial charge in [-0.3, -0.25) is 0 Å². The molecule has 0 fully saturated rings. The number of hydrogen-bond acceptors (Lipinski definition) is 0. The van der Waals surface area contributed by atoms with Crippen molar-refractivity contribution >= 4 is 20.8 Å². The molecule has 0 radical (unpaired) electrons. The molecule has 112 valence electrons. The van der Waals surface area contributed by atoms with E-state index >= 15 is 0 Å². The first kappa shape index (κ1) is 21.5. The summed E-state index contributed by atoms with van der Waals surface area (Å²) >= 11 is 5.84. The monoisotopic (exact) mass is 310 g/mol. The second kappa shape index (κ2) is 11.9. The third-order valence-electron chi connectivity index (χ3n) is 2.44. The first-order chi connectivity index (χ1) is 9.15. The predicted molar refractivity (Wildman–Crippen MR) is 100 cm³/mol. The molecule has 0 aromatic carbocycles. The molecule has 0 saturated carbocycles. The minimum atomic E-state index is 0.803. The molecule has 2 heteroatoms. The standard InChI is InChI=1S/C9H13Cl.C9H15P/c2*1-5-8(4)6-9(10)7(2)3/h5-6H,1H2,2-4H3;5-6H,1,10H2,2-4H3/b2*8-6-. The number of rotatable bonds is 4.